The van der Waals surface area contributed by atoms with E-state index in [0.29, 0.717) is 19.0 Å². The molecule has 0 spiro atoms. The van der Waals surface area contributed by atoms with E-state index in [4.69, 9.17) is 9.47 Å². The normalized spacial score (nSPS) is 22.3. The predicted molar refractivity (Wildman–Crippen MR) is 113 cm³/mol. The number of rotatable bonds is 4. The number of nitrogens with zero attached hydrogens (tertiary/aromatic N) is 2. The van der Waals surface area contributed by atoms with E-state index in [0.717, 1.165) is 49.5 Å². The molecule has 2 aromatic rings. The van der Waals surface area contributed by atoms with Gasteiger partial charge in [-0.25, -0.2) is 0 Å². The Hall–Kier alpha value is -2.53. The van der Waals surface area contributed by atoms with Gasteiger partial charge in [0.05, 0.1) is 13.7 Å². The molecule has 2 aromatic carbocycles. The van der Waals surface area contributed by atoms with E-state index in [1.54, 1.807) is 14.0 Å². The van der Waals surface area contributed by atoms with Crippen LogP contribution in [0.25, 0.3) is 0 Å². The number of ether oxygens (including phenoxy) is 2. The molecule has 2 aliphatic rings. The van der Waals surface area contributed by atoms with Crippen molar-refractivity contribution in [3.63, 3.8) is 0 Å². The standard InChI is InChI=1S/C24H30N2O3/c1-18(27)26-16-21-9-4-6-12-23(21)29-24(17-26)20-10-7-13-25(15-20)14-19-8-3-5-11-22(19)28-2/h3-6,8-9,11-12,20,24H,7,10,13-17H2,1-2H3/t20-,24+/m1/s1. The van der Waals surface area contributed by atoms with Crippen molar-refractivity contribution in [2.45, 2.75) is 39.0 Å². The maximum absolute atomic E-state index is 12.2. The van der Waals surface area contributed by atoms with Gasteiger partial charge >= 0.3 is 0 Å². The van der Waals surface area contributed by atoms with Crippen LogP contribution in [0.4, 0.5) is 0 Å². The van der Waals surface area contributed by atoms with Crippen molar-refractivity contribution in [2.24, 2.45) is 5.92 Å². The number of methoxy groups -OCH3 is 1. The van der Waals surface area contributed by atoms with Crippen LogP contribution in [-0.2, 0) is 17.9 Å². The van der Waals surface area contributed by atoms with Crippen molar-refractivity contribution in [1.82, 2.24) is 9.80 Å². The zero-order valence-electron chi connectivity index (χ0n) is 17.3. The summed E-state index contributed by atoms with van der Waals surface area (Å²) >= 11 is 0. The molecule has 1 amide bonds. The van der Waals surface area contributed by atoms with Crippen LogP contribution in [0.5, 0.6) is 11.5 Å². The molecule has 154 valence electrons. The minimum Gasteiger partial charge on any atom is -0.496 e. The topological polar surface area (TPSA) is 42.0 Å². The summed E-state index contributed by atoms with van der Waals surface area (Å²) in [4.78, 5) is 16.6. The monoisotopic (exact) mass is 394 g/mol. The fourth-order valence-corrected chi connectivity index (χ4v) is 4.54. The summed E-state index contributed by atoms with van der Waals surface area (Å²) in [5, 5.41) is 0. The minimum absolute atomic E-state index is 0.0167. The molecule has 5 heteroatoms. The Morgan fingerprint density at radius 1 is 1.14 bits per heavy atom. The molecular weight excluding hydrogens is 364 g/mol. The van der Waals surface area contributed by atoms with E-state index < -0.39 is 0 Å². The van der Waals surface area contributed by atoms with Gasteiger partial charge in [0.2, 0.25) is 5.91 Å². The van der Waals surface area contributed by atoms with Gasteiger partial charge in [-0.2, -0.15) is 0 Å². The van der Waals surface area contributed by atoms with Crippen LogP contribution in [-0.4, -0.2) is 48.6 Å². The average molecular weight is 395 g/mol. The molecule has 4 rings (SSSR count). The zero-order chi connectivity index (χ0) is 20.2. The Kier molecular flexibility index (Phi) is 6.05. The van der Waals surface area contributed by atoms with Crippen molar-refractivity contribution >= 4 is 5.91 Å². The minimum atomic E-state index is 0.0167. The van der Waals surface area contributed by atoms with Crippen molar-refractivity contribution in [3.05, 3.63) is 59.7 Å². The molecule has 1 fully saturated rings. The second kappa shape index (κ2) is 8.87. The predicted octanol–water partition coefficient (Wildman–Crippen LogP) is 3.72. The maximum Gasteiger partial charge on any atom is 0.219 e. The van der Waals surface area contributed by atoms with Gasteiger partial charge in [-0.3, -0.25) is 9.69 Å². The number of amides is 1. The first-order valence-electron chi connectivity index (χ1n) is 10.5. The summed E-state index contributed by atoms with van der Waals surface area (Å²) in [5.74, 6) is 2.36. The summed E-state index contributed by atoms with van der Waals surface area (Å²) in [6, 6.07) is 16.3. The van der Waals surface area contributed by atoms with Gasteiger partial charge in [-0.15, -0.1) is 0 Å². The van der Waals surface area contributed by atoms with Crippen LogP contribution in [0.2, 0.25) is 0 Å². The first kappa shape index (κ1) is 19.8. The number of para-hydroxylation sites is 2. The first-order valence-corrected chi connectivity index (χ1v) is 10.5. The smallest absolute Gasteiger partial charge is 0.219 e. The summed E-state index contributed by atoms with van der Waals surface area (Å²) in [6.45, 7) is 5.85. The van der Waals surface area contributed by atoms with E-state index >= 15 is 0 Å². The number of carbonyl (C=O) groups excluding carboxylic acids is 1. The number of piperidine rings is 1. The molecule has 29 heavy (non-hydrogen) atoms. The van der Waals surface area contributed by atoms with Gasteiger partial charge in [0.25, 0.3) is 0 Å². The van der Waals surface area contributed by atoms with Gasteiger partial charge in [0, 0.05) is 43.6 Å². The summed E-state index contributed by atoms with van der Waals surface area (Å²) < 4.78 is 12.0. The van der Waals surface area contributed by atoms with Crippen LogP contribution in [0, 0.1) is 5.92 Å². The quantitative estimate of drug-likeness (QED) is 0.793. The molecule has 5 nitrogen and oxygen atoms in total. The van der Waals surface area contributed by atoms with Gasteiger partial charge in [-0.05, 0) is 31.5 Å². The third-order valence-corrected chi connectivity index (χ3v) is 6.11. The highest BCUT2D eigenvalue weighted by Gasteiger charge is 2.33. The molecule has 0 bridgehead atoms. The average Bonchev–Trinajstić information content (AvgIpc) is 2.94. The Balaban J connectivity index is 1.50. The molecular formula is C24H30N2O3. The first-order chi connectivity index (χ1) is 14.1. The number of hydrogen-bond donors (Lipinski definition) is 0. The maximum atomic E-state index is 12.2. The highest BCUT2D eigenvalue weighted by molar-refractivity contribution is 5.73. The molecule has 0 aromatic heterocycles. The van der Waals surface area contributed by atoms with Gasteiger partial charge < -0.3 is 14.4 Å². The van der Waals surface area contributed by atoms with Crippen LogP contribution >= 0.6 is 0 Å². The van der Waals surface area contributed by atoms with Crippen LogP contribution in [0.1, 0.15) is 30.9 Å². The van der Waals surface area contributed by atoms with Gasteiger partial charge in [0.15, 0.2) is 0 Å². The molecule has 0 saturated carbocycles. The van der Waals surface area contributed by atoms with E-state index in [9.17, 15) is 4.79 Å². The van der Waals surface area contributed by atoms with Gasteiger partial charge in [-0.1, -0.05) is 36.4 Å². The van der Waals surface area contributed by atoms with E-state index in [1.165, 1.54) is 5.56 Å². The number of hydrogen-bond acceptors (Lipinski definition) is 4. The SMILES string of the molecule is COc1ccccc1CN1CCC[C@@H]([C@@H]2CN(C(C)=O)Cc3ccccc3O2)C1. The fraction of sp³-hybridized carbons (Fsp3) is 0.458. The van der Waals surface area contributed by atoms with Crippen LogP contribution in [0.15, 0.2) is 48.5 Å². The molecule has 0 N–H and O–H groups in total. The Morgan fingerprint density at radius 2 is 1.93 bits per heavy atom. The van der Waals surface area contributed by atoms with Crippen molar-refractivity contribution in [2.75, 3.05) is 26.7 Å². The molecule has 0 unspecified atom stereocenters. The largest absolute Gasteiger partial charge is 0.496 e. The number of carbonyl (C=O) groups is 1. The third-order valence-electron chi connectivity index (χ3n) is 6.11. The Bertz CT molecular complexity index is 854. The van der Waals surface area contributed by atoms with Crippen molar-refractivity contribution in [3.8, 4) is 11.5 Å². The third kappa shape index (κ3) is 4.56. The molecule has 2 aliphatic heterocycles. The molecule has 0 radical (unpaired) electrons. The number of fused-ring (bicyclic) bond motifs is 1. The zero-order valence-corrected chi connectivity index (χ0v) is 17.3. The Labute approximate surface area is 173 Å². The summed E-state index contributed by atoms with van der Waals surface area (Å²) in [5.41, 5.74) is 2.31. The molecule has 1 saturated heterocycles. The van der Waals surface area contributed by atoms with E-state index in [2.05, 4.69) is 23.1 Å². The van der Waals surface area contributed by atoms with E-state index in [1.807, 2.05) is 35.2 Å². The molecule has 0 aliphatic carbocycles. The highest BCUT2D eigenvalue weighted by Crippen LogP contribution is 2.31. The second-order valence-electron chi connectivity index (χ2n) is 8.11. The lowest BCUT2D eigenvalue weighted by Gasteiger charge is -2.37. The number of benzene rings is 2. The van der Waals surface area contributed by atoms with Crippen LogP contribution in [0.3, 0.4) is 0 Å². The lowest BCUT2D eigenvalue weighted by molar-refractivity contribution is -0.130. The molecule has 2 atom stereocenters. The number of likely N-dealkylation sites (tertiary alicyclic amines) is 1. The highest BCUT2D eigenvalue weighted by atomic mass is 16.5. The van der Waals surface area contributed by atoms with Gasteiger partial charge in [0.1, 0.15) is 17.6 Å². The van der Waals surface area contributed by atoms with E-state index in [-0.39, 0.29) is 12.0 Å². The Morgan fingerprint density at radius 3 is 2.76 bits per heavy atom. The molecule has 2 heterocycles. The summed E-state index contributed by atoms with van der Waals surface area (Å²) in [6.07, 6.45) is 2.28. The lowest BCUT2D eigenvalue weighted by Crippen LogP contribution is -2.46. The van der Waals surface area contributed by atoms with Crippen molar-refractivity contribution < 1.29 is 14.3 Å². The summed E-state index contributed by atoms with van der Waals surface area (Å²) in [7, 11) is 1.73. The van der Waals surface area contributed by atoms with Crippen LogP contribution < -0.4 is 9.47 Å². The lowest BCUT2D eigenvalue weighted by atomic mass is 9.91. The fourth-order valence-electron chi connectivity index (χ4n) is 4.54. The van der Waals surface area contributed by atoms with Crippen molar-refractivity contribution in [1.29, 1.82) is 0 Å². The second-order valence-corrected chi connectivity index (χ2v) is 8.11.